The summed E-state index contributed by atoms with van der Waals surface area (Å²) in [6, 6.07) is 5.59. The van der Waals surface area contributed by atoms with Crippen molar-refractivity contribution in [1.29, 1.82) is 0 Å². The summed E-state index contributed by atoms with van der Waals surface area (Å²) in [7, 11) is 0. The molecule has 2 bridgehead atoms. The van der Waals surface area contributed by atoms with Crippen LogP contribution >= 0.6 is 0 Å². The average molecular weight is 345 g/mol. The molecule has 1 N–H and O–H groups in total. The number of ether oxygens (including phenoxy) is 1. The quantitative estimate of drug-likeness (QED) is 0.894. The maximum Gasteiger partial charge on any atom is 0.410 e. The first-order valence-corrected chi connectivity index (χ1v) is 9.54. The molecule has 2 fully saturated rings. The number of nitrogens with one attached hydrogen (secondary N) is 1. The van der Waals surface area contributed by atoms with Crippen LogP contribution < -0.4 is 5.32 Å². The third kappa shape index (κ3) is 4.32. The molecule has 1 unspecified atom stereocenters. The SMILES string of the molecule is CC[C@@H](NC1C[C@H]2CC[C@@H](C1)N2C(=O)OC(C)(C)C)c1ccncc1. The topological polar surface area (TPSA) is 54.5 Å². The largest absolute Gasteiger partial charge is 0.444 e. The zero-order valence-electron chi connectivity index (χ0n) is 15.9. The lowest BCUT2D eigenvalue weighted by atomic mass is 9.95. The van der Waals surface area contributed by atoms with E-state index >= 15 is 0 Å². The van der Waals surface area contributed by atoms with Gasteiger partial charge in [0.15, 0.2) is 0 Å². The summed E-state index contributed by atoms with van der Waals surface area (Å²) in [5.41, 5.74) is 0.861. The normalized spacial score (nSPS) is 27.2. The summed E-state index contributed by atoms with van der Waals surface area (Å²) in [6.07, 6.45) is 8.82. The van der Waals surface area contributed by atoms with Crippen molar-refractivity contribution < 1.29 is 9.53 Å². The summed E-state index contributed by atoms with van der Waals surface area (Å²) in [4.78, 5) is 18.7. The van der Waals surface area contributed by atoms with Crippen LogP contribution in [0.3, 0.4) is 0 Å². The van der Waals surface area contributed by atoms with E-state index in [4.69, 9.17) is 4.74 Å². The highest BCUT2D eigenvalue weighted by Crippen LogP contribution is 2.37. The van der Waals surface area contributed by atoms with Gasteiger partial charge in [0.05, 0.1) is 0 Å². The van der Waals surface area contributed by atoms with E-state index in [1.807, 2.05) is 38.1 Å². The molecular formula is C20H31N3O2. The number of carbonyl (C=O) groups excluding carboxylic acids is 1. The molecule has 5 heteroatoms. The van der Waals surface area contributed by atoms with E-state index in [9.17, 15) is 4.79 Å². The number of pyridine rings is 1. The average Bonchev–Trinajstić information content (AvgIpc) is 2.83. The van der Waals surface area contributed by atoms with Crippen molar-refractivity contribution in [2.75, 3.05) is 0 Å². The molecule has 4 atom stereocenters. The number of hydrogen-bond acceptors (Lipinski definition) is 4. The van der Waals surface area contributed by atoms with Gasteiger partial charge in [0, 0.05) is 36.6 Å². The maximum atomic E-state index is 12.6. The molecule has 138 valence electrons. The molecule has 5 nitrogen and oxygen atoms in total. The first-order valence-electron chi connectivity index (χ1n) is 9.54. The molecule has 0 radical (unpaired) electrons. The summed E-state index contributed by atoms with van der Waals surface area (Å²) in [5, 5.41) is 3.82. The molecule has 1 aromatic rings. The van der Waals surface area contributed by atoms with E-state index in [-0.39, 0.29) is 6.09 Å². The zero-order chi connectivity index (χ0) is 18.0. The summed E-state index contributed by atoms with van der Waals surface area (Å²) in [6.45, 7) is 8.01. The van der Waals surface area contributed by atoms with Crippen molar-refractivity contribution in [3.63, 3.8) is 0 Å². The summed E-state index contributed by atoms with van der Waals surface area (Å²) in [5.74, 6) is 0. The monoisotopic (exact) mass is 345 g/mol. The first kappa shape index (κ1) is 18.2. The highest BCUT2D eigenvalue weighted by atomic mass is 16.6. The fourth-order valence-corrected chi connectivity index (χ4v) is 4.26. The molecule has 3 rings (SSSR count). The van der Waals surface area contributed by atoms with Gasteiger partial charge in [-0.25, -0.2) is 4.79 Å². The Morgan fingerprint density at radius 3 is 2.40 bits per heavy atom. The number of amides is 1. The second kappa shape index (κ2) is 7.32. The lowest BCUT2D eigenvalue weighted by Crippen LogP contribution is -2.53. The van der Waals surface area contributed by atoms with Gasteiger partial charge in [-0.3, -0.25) is 4.98 Å². The fourth-order valence-electron chi connectivity index (χ4n) is 4.26. The summed E-state index contributed by atoms with van der Waals surface area (Å²) >= 11 is 0. The van der Waals surface area contributed by atoms with Gasteiger partial charge in [0.25, 0.3) is 0 Å². The minimum absolute atomic E-state index is 0.139. The van der Waals surface area contributed by atoms with Crippen LogP contribution in [0.2, 0.25) is 0 Å². The van der Waals surface area contributed by atoms with Gasteiger partial charge in [-0.15, -0.1) is 0 Å². The van der Waals surface area contributed by atoms with Crippen LogP contribution in [-0.2, 0) is 4.74 Å². The molecule has 1 aromatic heterocycles. The van der Waals surface area contributed by atoms with Gasteiger partial charge >= 0.3 is 6.09 Å². The number of rotatable bonds is 4. The Morgan fingerprint density at radius 2 is 1.88 bits per heavy atom. The van der Waals surface area contributed by atoms with Crippen LogP contribution in [0, 0.1) is 0 Å². The second-order valence-corrected chi connectivity index (χ2v) is 8.35. The molecule has 1 amide bonds. The van der Waals surface area contributed by atoms with Crippen LogP contribution in [0.4, 0.5) is 4.79 Å². The minimum Gasteiger partial charge on any atom is -0.444 e. The third-order valence-electron chi connectivity index (χ3n) is 5.29. The lowest BCUT2D eigenvalue weighted by molar-refractivity contribution is 0.00423. The van der Waals surface area contributed by atoms with E-state index in [1.165, 1.54) is 5.56 Å². The molecule has 2 saturated heterocycles. The molecule has 0 aliphatic carbocycles. The highest BCUT2D eigenvalue weighted by molar-refractivity contribution is 5.69. The van der Waals surface area contributed by atoms with Crippen molar-refractivity contribution in [2.45, 2.75) is 89.6 Å². The Labute approximate surface area is 151 Å². The fraction of sp³-hybridized carbons (Fsp3) is 0.700. The van der Waals surface area contributed by atoms with Crippen molar-refractivity contribution in [2.24, 2.45) is 0 Å². The standard InChI is InChI=1S/C20H31N3O2/c1-5-18(14-8-10-21-11-9-14)22-15-12-16-6-7-17(13-15)23(16)19(24)25-20(2,3)4/h8-11,15-18,22H,5-7,12-13H2,1-4H3/t15?,16-,17+,18-/m1/s1. The van der Waals surface area contributed by atoms with Gasteiger partial charge in [0.1, 0.15) is 5.60 Å². The molecule has 25 heavy (non-hydrogen) atoms. The Kier molecular flexibility index (Phi) is 5.32. The molecule has 0 aromatic carbocycles. The van der Waals surface area contributed by atoms with Crippen LogP contribution in [-0.4, -0.2) is 39.7 Å². The van der Waals surface area contributed by atoms with Gasteiger partial charge in [0.2, 0.25) is 0 Å². The molecule has 3 heterocycles. The van der Waals surface area contributed by atoms with Crippen molar-refractivity contribution >= 4 is 6.09 Å². The van der Waals surface area contributed by atoms with Gasteiger partial charge in [-0.05, 0) is 70.6 Å². The van der Waals surface area contributed by atoms with Gasteiger partial charge in [-0.1, -0.05) is 6.92 Å². The molecule has 2 aliphatic heterocycles. The number of aromatic nitrogens is 1. The first-order chi connectivity index (χ1) is 11.9. The van der Waals surface area contributed by atoms with Gasteiger partial charge < -0.3 is 15.0 Å². The van der Waals surface area contributed by atoms with E-state index in [0.29, 0.717) is 24.2 Å². The van der Waals surface area contributed by atoms with E-state index in [0.717, 1.165) is 32.1 Å². The number of hydrogen-bond donors (Lipinski definition) is 1. The van der Waals surface area contributed by atoms with Crippen molar-refractivity contribution in [3.8, 4) is 0 Å². The predicted molar refractivity (Wildman–Crippen MR) is 98.3 cm³/mol. The molecule has 2 aliphatic rings. The Hall–Kier alpha value is -1.62. The van der Waals surface area contributed by atoms with Crippen molar-refractivity contribution in [3.05, 3.63) is 30.1 Å². The van der Waals surface area contributed by atoms with E-state index in [2.05, 4.69) is 29.4 Å². The smallest absolute Gasteiger partial charge is 0.410 e. The molecule has 0 spiro atoms. The number of nitrogens with zero attached hydrogens (tertiary/aromatic N) is 2. The lowest BCUT2D eigenvalue weighted by Gasteiger charge is -2.40. The molecular weight excluding hydrogens is 314 g/mol. The Balaban J connectivity index is 1.62. The number of piperidine rings is 1. The maximum absolute atomic E-state index is 12.6. The Morgan fingerprint density at radius 1 is 1.28 bits per heavy atom. The van der Waals surface area contributed by atoms with Crippen molar-refractivity contribution in [1.82, 2.24) is 15.2 Å². The molecule has 0 saturated carbocycles. The van der Waals surface area contributed by atoms with Gasteiger partial charge in [-0.2, -0.15) is 0 Å². The van der Waals surface area contributed by atoms with E-state index in [1.54, 1.807) is 0 Å². The second-order valence-electron chi connectivity index (χ2n) is 8.35. The van der Waals surface area contributed by atoms with Crippen LogP contribution in [0.5, 0.6) is 0 Å². The highest BCUT2D eigenvalue weighted by Gasteiger charge is 2.45. The van der Waals surface area contributed by atoms with Crippen LogP contribution in [0.25, 0.3) is 0 Å². The zero-order valence-corrected chi connectivity index (χ0v) is 15.9. The van der Waals surface area contributed by atoms with E-state index < -0.39 is 5.60 Å². The predicted octanol–water partition coefficient (Wildman–Crippen LogP) is 4.05. The summed E-state index contributed by atoms with van der Waals surface area (Å²) < 4.78 is 5.62. The minimum atomic E-state index is -0.430. The number of fused-ring (bicyclic) bond motifs is 2. The third-order valence-corrected chi connectivity index (χ3v) is 5.29. The number of carbonyl (C=O) groups is 1. The Bertz CT molecular complexity index is 570. The van der Waals surface area contributed by atoms with Crippen LogP contribution in [0.1, 0.15) is 71.4 Å². The van der Waals surface area contributed by atoms with Crippen LogP contribution in [0.15, 0.2) is 24.5 Å².